The van der Waals surface area contributed by atoms with E-state index in [1.54, 1.807) is 0 Å². The third kappa shape index (κ3) is 14.6. The zero-order chi connectivity index (χ0) is 62.7. The Kier molecular flexibility index (Phi) is 20.1. The molecule has 0 radical (unpaired) electrons. The van der Waals surface area contributed by atoms with Crippen LogP contribution in [0.25, 0.3) is 18.2 Å². The Hall–Kier alpha value is -7.44. The van der Waals surface area contributed by atoms with E-state index in [2.05, 4.69) is 0 Å². The van der Waals surface area contributed by atoms with Gasteiger partial charge in [0.2, 0.25) is 24.6 Å². The molecule has 30 nitrogen and oxygen atoms in total. The lowest BCUT2D eigenvalue weighted by Gasteiger charge is -2.43. The minimum Gasteiger partial charge on any atom is -0.508 e. The van der Waals surface area contributed by atoms with Gasteiger partial charge < -0.3 is 139 Å². The van der Waals surface area contributed by atoms with Crippen LogP contribution in [-0.4, -0.2) is 241 Å². The summed E-state index contributed by atoms with van der Waals surface area (Å²) in [7, 11) is 0. The zero-order valence-corrected chi connectivity index (χ0v) is 45.5. The van der Waals surface area contributed by atoms with Crippen molar-refractivity contribution in [1.29, 1.82) is 0 Å². The second-order valence-electron chi connectivity index (χ2n) is 20.8. The second-order valence-corrected chi connectivity index (χ2v) is 20.8. The number of hydrogen-bond donors (Lipinski definition) is 17. The van der Waals surface area contributed by atoms with Gasteiger partial charge in [-0.25, -0.2) is 9.59 Å². The zero-order valence-electron chi connectivity index (χ0n) is 45.5. The molecular weight excluding hydrogens is 1160 g/mol. The number of carbonyl (C=O) groups excluding carboxylic acids is 2. The van der Waals surface area contributed by atoms with Crippen molar-refractivity contribution in [3.05, 3.63) is 113 Å². The number of aliphatic hydroxyl groups excluding tert-OH is 12. The van der Waals surface area contributed by atoms with E-state index in [1.165, 1.54) is 67.6 Å². The van der Waals surface area contributed by atoms with Crippen LogP contribution in [0.4, 0.5) is 0 Å². The first-order valence-electron chi connectivity index (χ1n) is 26.8. The van der Waals surface area contributed by atoms with Crippen LogP contribution in [-0.2, 0) is 47.5 Å². The third-order valence-electron chi connectivity index (χ3n) is 14.6. The number of rotatable bonds is 18. The van der Waals surface area contributed by atoms with Crippen LogP contribution in [0.1, 0.15) is 35.3 Å². The van der Waals surface area contributed by atoms with Gasteiger partial charge in [-0.1, -0.05) is 24.3 Å². The number of esters is 2. The summed E-state index contributed by atoms with van der Waals surface area (Å²) in [6, 6.07) is 15.6. The van der Waals surface area contributed by atoms with E-state index in [0.29, 0.717) is 11.1 Å². The fourth-order valence-electron chi connectivity index (χ4n) is 9.60. The van der Waals surface area contributed by atoms with E-state index < -0.39 is 189 Å². The number of benzene rings is 4. The number of hydrogen-bond acceptors (Lipinski definition) is 30. The molecule has 9 rings (SSSR count). The van der Waals surface area contributed by atoms with Gasteiger partial charge in [-0.2, -0.15) is 0 Å². The van der Waals surface area contributed by atoms with Gasteiger partial charge in [-0.05, 0) is 72.7 Å². The quantitative estimate of drug-likeness (QED) is 0.0273. The molecule has 4 saturated heterocycles. The topological polar surface area (TPSA) is 480 Å². The standard InChI is InChI=1S/C57H64O30/c1-22-40(64)45(69)49(73)54(80-22)79-21-37-44(68)48(72)52(76)57(87-37)84-34-18-29-30(60)16-28(81-55-50(74)46(70)42(66)35(85-55)19-77-38(62)12-6-23-2-8-26(58)9-3-23)17-32(29)82-53(34)25-14-31(61)41(65)33(15-25)83-56-51(75)47(71)43(67)36(86-56)20-78-39(63)13-7-24-4-10-27(59)11-5-24/h2-18,22,35-37,40,42-61,64-76H,19-21H2,1H3. The summed E-state index contributed by atoms with van der Waals surface area (Å²) in [5.41, 5.74) is 0.544. The molecule has 0 amide bonds. The minimum absolute atomic E-state index is 0.00844. The molecular formula is C57H64O30. The molecule has 17 N–H and O–H groups in total. The van der Waals surface area contributed by atoms with E-state index in [-0.39, 0.29) is 34.1 Å². The fraction of sp³-hybridized carbons (Fsp3) is 0.439. The lowest BCUT2D eigenvalue weighted by molar-refractivity contribution is -0.324. The summed E-state index contributed by atoms with van der Waals surface area (Å²) < 4.78 is 62.9. The van der Waals surface area contributed by atoms with E-state index in [4.69, 9.17) is 52.1 Å². The van der Waals surface area contributed by atoms with Gasteiger partial charge in [-0.3, -0.25) is 0 Å². The SMILES string of the molecule is CC1OC(OCC2OC(OC3=Cc4c(O)cc(OC5OC(COC(=O)C=Cc6ccc(O)cc6)C(O)C(O)C5O)cc4OC3c3cc(O)c(O)c(OC4OC(COC(=O)C=Cc5ccc(O)cc5)C(O)C(O)C4O)c3)C(O)C(O)C2O)C(O)C(O)C1O. The first-order valence-corrected chi connectivity index (χ1v) is 26.8. The molecule has 87 heavy (non-hydrogen) atoms. The van der Waals surface area contributed by atoms with Crippen LogP contribution in [0.3, 0.4) is 0 Å². The number of aromatic hydroxyl groups is 5. The van der Waals surface area contributed by atoms with Gasteiger partial charge in [0.15, 0.2) is 23.9 Å². The molecule has 0 spiro atoms. The van der Waals surface area contributed by atoms with E-state index in [1.807, 2.05) is 0 Å². The summed E-state index contributed by atoms with van der Waals surface area (Å²) in [6.45, 7) is -0.749. The van der Waals surface area contributed by atoms with Crippen molar-refractivity contribution in [2.24, 2.45) is 0 Å². The van der Waals surface area contributed by atoms with Gasteiger partial charge in [0.05, 0.1) is 18.3 Å². The number of phenols is 5. The maximum Gasteiger partial charge on any atom is 0.330 e. The average molecular weight is 1230 g/mol. The minimum atomic E-state index is -2.11. The van der Waals surface area contributed by atoms with Crippen LogP contribution < -0.4 is 14.2 Å². The maximum absolute atomic E-state index is 12.6. The van der Waals surface area contributed by atoms with Crippen molar-refractivity contribution >= 4 is 30.2 Å². The molecule has 4 aromatic carbocycles. The van der Waals surface area contributed by atoms with Gasteiger partial charge in [0.1, 0.15) is 139 Å². The highest BCUT2D eigenvalue weighted by molar-refractivity contribution is 5.87. The lowest BCUT2D eigenvalue weighted by Crippen LogP contribution is -2.61. The molecule has 21 atom stereocenters. The first kappa shape index (κ1) is 64.0. The Balaban J connectivity index is 0.978. The largest absolute Gasteiger partial charge is 0.508 e. The predicted octanol–water partition coefficient (Wildman–Crippen LogP) is -2.76. The van der Waals surface area contributed by atoms with Crippen molar-refractivity contribution in [2.45, 2.75) is 136 Å². The molecule has 4 aromatic rings. The number of phenolic OH excluding ortho intramolecular Hbond substituents is 5. The highest BCUT2D eigenvalue weighted by Crippen LogP contribution is 2.48. The monoisotopic (exact) mass is 1230 g/mol. The lowest BCUT2D eigenvalue weighted by atomic mass is 9.98. The summed E-state index contributed by atoms with van der Waals surface area (Å²) >= 11 is 0. The Morgan fingerprint density at radius 3 is 1.46 bits per heavy atom. The van der Waals surface area contributed by atoms with E-state index in [9.17, 15) is 96.4 Å². The van der Waals surface area contributed by atoms with E-state index in [0.717, 1.165) is 42.5 Å². The molecule has 0 aliphatic carbocycles. The summed E-state index contributed by atoms with van der Waals surface area (Å²) in [4.78, 5) is 25.2. The van der Waals surface area contributed by atoms with Gasteiger partial charge in [-0.15, -0.1) is 0 Å². The van der Waals surface area contributed by atoms with Crippen molar-refractivity contribution in [1.82, 2.24) is 0 Å². The Morgan fingerprint density at radius 1 is 0.483 bits per heavy atom. The molecule has 0 bridgehead atoms. The predicted molar refractivity (Wildman–Crippen MR) is 286 cm³/mol. The number of aliphatic hydroxyl groups is 12. The molecule has 5 aliphatic rings. The van der Waals surface area contributed by atoms with Crippen LogP contribution in [0.2, 0.25) is 0 Å². The molecule has 21 unspecified atom stereocenters. The molecule has 30 heteroatoms. The second kappa shape index (κ2) is 27.3. The van der Waals surface area contributed by atoms with Crippen LogP contribution in [0.15, 0.2) is 90.7 Å². The van der Waals surface area contributed by atoms with Crippen molar-refractivity contribution in [3.63, 3.8) is 0 Å². The van der Waals surface area contributed by atoms with Crippen LogP contribution in [0, 0.1) is 0 Å². The van der Waals surface area contributed by atoms with Crippen molar-refractivity contribution in [3.8, 4) is 46.0 Å². The molecule has 5 heterocycles. The highest BCUT2D eigenvalue weighted by atomic mass is 16.7. The Bertz CT molecular complexity index is 3120. The number of fused-ring (bicyclic) bond motifs is 1. The van der Waals surface area contributed by atoms with Gasteiger partial charge >= 0.3 is 11.9 Å². The van der Waals surface area contributed by atoms with Crippen molar-refractivity contribution < 1.29 is 149 Å². The van der Waals surface area contributed by atoms with E-state index >= 15 is 0 Å². The summed E-state index contributed by atoms with van der Waals surface area (Å²) in [5.74, 6) is -6.37. The molecule has 472 valence electrons. The molecule has 0 saturated carbocycles. The number of ether oxygens (including phenoxy) is 11. The van der Waals surface area contributed by atoms with Crippen molar-refractivity contribution in [2.75, 3.05) is 19.8 Å². The number of carbonyl (C=O) groups is 2. The normalized spacial score (nSPS) is 34.3. The molecule has 5 aliphatic heterocycles. The summed E-state index contributed by atoms with van der Waals surface area (Å²) in [6.07, 6.45) is -32.0. The molecule has 0 aromatic heterocycles. The van der Waals surface area contributed by atoms with Gasteiger partial charge in [0.25, 0.3) is 0 Å². The fourth-order valence-corrected chi connectivity index (χ4v) is 9.60. The molecule has 4 fully saturated rings. The third-order valence-corrected chi connectivity index (χ3v) is 14.6. The smallest absolute Gasteiger partial charge is 0.330 e. The summed E-state index contributed by atoms with van der Waals surface area (Å²) in [5, 5.41) is 183. The highest BCUT2D eigenvalue weighted by Gasteiger charge is 2.50. The first-order chi connectivity index (χ1) is 41.3. The maximum atomic E-state index is 12.6. The Labute approximate surface area is 492 Å². The van der Waals surface area contributed by atoms with Crippen LogP contribution >= 0.6 is 0 Å². The van der Waals surface area contributed by atoms with Crippen LogP contribution in [0.5, 0.6) is 46.0 Å². The van der Waals surface area contributed by atoms with Gasteiger partial charge in [0, 0.05) is 29.8 Å². The Morgan fingerprint density at radius 2 is 0.943 bits per heavy atom. The average Bonchev–Trinajstić information content (AvgIpc) is 1.05.